The highest BCUT2D eigenvalue weighted by Gasteiger charge is 2.19. The van der Waals surface area contributed by atoms with Gasteiger partial charge < -0.3 is 0 Å². The molecule has 0 radical (unpaired) electrons. The maximum Gasteiger partial charge on any atom is 0.187 e. The van der Waals surface area contributed by atoms with Gasteiger partial charge in [0.05, 0.1) is 5.75 Å². The molecule has 124 valence electrons. The van der Waals surface area contributed by atoms with E-state index in [9.17, 15) is 8.42 Å². The van der Waals surface area contributed by atoms with Crippen LogP contribution in [-0.2, 0) is 9.84 Å². The minimum Gasteiger partial charge on any atom is -0.297 e. The van der Waals surface area contributed by atoms with Crippen LogP contribution in [0.25, 0.3) is 10.4 Å². The molecule has 1 aliphatic heterocycles. The molecule has 1 aromatic heterocycles. The van der Waals surface area contributed by atoms with Gasteiger partial charge >= 0.3 is 0 Å². The largest absolute Gasteiger partial charge is 0.297 e. The van der Waals surface area contributed by atoms with Crippen LogP contribution in [0.15, 0.2) is 40.6 Å². The summed E-state index contributed by atoms with van der Waals surface area (Å²) in [6, 6.07) is 12.6. The number of hydrogen-bond acceptors (Lipinski definition) is 4. The molecule has 1 aliphatic rings. The Labute approximate surface area is 142 Å². The van der Waals surface area contributed by atoms with E-state index in [2.05, 4.69) is 36.1 Å². The van der Waals surface area contributed by atoms with E-state index in [1.54, 1.807) is 13.0 Å². The molecule has 1 fully saturated rings. The third kappa shape index (κ3) is 3.52. The Bertz CT molecular complexity index is 757. The fraction of sp³-hybridized carbons (Fsp3) is 0.444. The summed E-state index contributed by atoms with van der Waals surface area (Å²) in [5.41, 5.74) is 2.42. The lowest BCUT2D eigenvalue weighted by Gasteiger charge is -2.24. The molecule has 0 unspecified atom stereocenters. The van der Waals surface area contributed by atoms with Gasteiger partial charge in [0, 0.05) is 10.9 Å². The Morgan fingerprint density at radius 1 is 1.09 bits per heavy atom. The lowest BCUT2D eigenvalue weighted by molar-refractivity contribution is 0.263. The lowest BCUT2D eigenvalue weighted by Crippen LogP contribution is -2.23. The highest BCUT2D eigenvalue weighted by Crippen LogP contribution is 2.32. The molecule has 5 heteroatoms. The van der Waals surface area contributed by atoms with Crippen LogP contribution < -0.4 is 0 Å². The highest BCUT2D eigenvalue weighted by molar-refractivity contribution is 7.93. The molecule has 0 bridgehead atoms. The summed E-state index contributed by atoms with van der Waals surface area (Å²) in [4.78, 5) is 3.53. The summed E-state index contributed by atoms with van der Waals surface area (Å²) >= 11 is 1.36. The SMILES string of the molecule is CCS(=O)(=O)c1ccc(-c2ccc([C@H](C)N3CCCC3)cc2)s1. The number of rotatable bonds is 5. The van der Waals surface area contributed by atoms with Gasteiger partial charge in [-0.25, -0.2) is 8.42 Å². The van der Waals surface area contributed by atoms with Gasteiger partial charge in [-0.05, 0) is 56.1 Å². The van der Waals surface area contributed by atoms with Crippen molar-refractivity contribution in [2.75, 3.05) is 18.8 Å². The summed E-state index contributed by atoms with van der Waals surface area (Å²) in [6.07, 6.45) is 2.60. The average molecular weight is 350 g/mol. The normalized spacial score (nSPS) is 17.5. The van der Waals surface area contributed by atoms with Crippen molar-refractivity contribution in [3.8, 4) is 10.4 Å². The van der Waals surface area contributed by atoms with Gasteiger partial charge in [0.1, 0.15) is 4.21 Å². The van der Waals surface area contributed by atoms with E-state index >= 15 is 0 Å². The van der Waals surface area contributed by atoms with Crippen LogP contribution in [0.3, 0.4) is 0 Å². The molecule has 0 saturated carbocycles. The molecule has 2 aromatic rings. The molecule has 1 atom stereocenters. The first-order valence-electron chi connectivity index (χ1n) is 8.18. The Kier molecular flexibility index (Phi) is 4.90. The monoisotopic (exact) mass is 349 g/mol. The third-order valence-electron chi connectivity index (χ3n) is 4.63. The van der Waals surface area contributed by atoms with Crippen LogP contribution in [0.2, 0.25) is 0 Å². The Morgan fingerprint density at radius 3 is 2.35 bits per heavy atom. The molecule has 3 nitrogen and oxygen atoms in total. The highest BCUT2D eigenvalue weighted by atomic mass is 32.2. The quantitative estimate of drug-likeness (QED) is 0.804. The zero-order chi connectivity index (χ0) is 16.4. The molecule has 2 heterocycles. The lowest BCUT2D eigenvalue weighted by atomic mass is 10.0. The zero-order valence-electron chi connectivity index (χ0n) is 13.7. The molecule has 0 N–H and O–H groups in total. The molecule has 0 spiro atoms. The van der Waals surface area contributed by atoms with Crippen LogP contribution in [0, 0.1) is 0 Å². The Hall–Kier alpha value is -1.17. The van der Waals surface area contributed by atoms with Gasteiger partial charge in [-0.2, -0.15) is 0 Å². The van der Waals surface area contributed by atoms with E-state index in [4.69, 9.17) is 0 Å². The number of thiophene rings is 1. The second-order valence-corrected chi connectivity index (χ2v) is 9.65. The van der Waals surface area contributed by atoms with E-state index in [-0.39, 0.29) is 5.75 Å². The van der Waals surface area contributed by atoms with E-state index < -0.39 is 9.84 Å². The fourth-order valence-corrected chi connectivity index (χ4v) is 5.48. The minimum absolute atomic E-state index is 0.152. The summed E-state index contributed by atoms with van der Waals surface area (Å²) in [5, 5.41) is 0. The number of hydrogen-bond donors (Lipinski definition) is 0. The van der Waals surface area contributed by atoms with Crippen LogP contribution in [-0.4, -0.2) is 32.2 Å². The molecule has 1 aromatic carbocycles. The van der Waals surface area contributed by atoms with Crippen molar-refractivity contribution in [2.24, 2.45) is 0 Å². The van der Waals surface area contributed by atoms with Crippen molar-refractivity contribution in [1.29, 1.82) is 0 Å². The molecule has 23 heavy (non-hydrogen) atoms. The zero-order valence-corrected chi connectivity index (χ0v) is 15.3. The van der Waals surface area contributed by atoms with Gasteiger partial charge in [0.15, 0.2) is 9.84 Å². The first-order valence-corrected chi connectivity index (χ1v) is 10.6. The van der Waals surface area contributed by atoms with Gasteiger partial charge in [0.2, 0.25) is 0 Å². The molecule has 0 amide bonds. The first-order chi connectivity index (χ1) is 11.0. The molecule has 0 aliphatic carbocycles. The number of benzene rings is 1. The molecule has 3 rings (SSSR count). The standard InChI is InChI=1S/C18H23NO2S2/c1-3-23(20,21)18-11-10-17(22-18)16-8-6-15(7-9-16)14(2)19-12-4-5-13-19/h6-11,14H,3-5,12-13H2,1-2H3/t14-/m0/s1. The summed E-state index contributed by atoms with van der Waals surface area (Å²) < 4.78 is 24.3. The second kappa shape index (κ2) is 6.75. The van der Waals surface area contributed by atoms with Crippen molar-refractivity contribution < 1.29 is 8.42 Å². The van der Waals surface area contributed by atoms with Gasteiger partial charge in [-0.1, -0.05) is 31.2 Å². The van der Waals surface area contributed by atoms with Crippen molar-refractivity contribution >= 4 is 21.2 Å². The number of nitrogens with zero attached hydrogens (tertiary/aromatic N) is 1. The first kappa shape index (κ1) is 16.7. The van der Waals surface area contributed by atoms with E-state index in [1.165, 1.54) is 42.8 Å². The number of sulfone groups is 1. The van der Waals surface area contributed by atoms with E-state index in [0.717, 1.165) is 10.4 Å². The summed E-state index contributed by atoms with van der Waals surface area (Å²) in [6.45, 7) is 6.32. The Morgan fingerprint density at radius 2 is 1.74 bits per heavy atom. The average Bonchev–Trinajstić information content (AvgIpc) is 3.26. The van der Waals surface area contributed by atoms with Crippen molar-refractivity contribution in [1.82, 2.24) is 4.90 Å². The predicted molar refractivity (Wildman–Crippen MR) is 96.7 cm³/mol. The van der Waals surface area contributed by atoms with Crippen molar-refractivity contribution in [3.05, 3.63) is 42.0 Å². The van der Waals surface area contributed by atoms with Crippen molar-refractivity contribution in [2.45, 2.75) is 36.9 Å². The molecular weight excluding hydrogens is 326 g/mol. The second-order valence-electron chi connectivity index (χ2n) is 6.06. The van der Waals surface area contributed by atoms with Crippen LogP contribution >= 0.6 is 11.3 Å². The topological polar surface area (TPSA) is 37.4 Å². The number of likely N-dealkylation sites (tertiary alicyclic amines) is 1. The van der Waals surface area contributed by atoms with Crippen LogP contribution in [0.4, 0.5) is 0 Å². The van der Waals surface area contributed by atoms with Gasteiger partial charge in [-0.15, -0.1) is 11.3 Å². The van der Waals surface area contributed by atoms with Gasteiger partial charge in [0.25, 0.3) is 0 Å². The molecular formula is C18H23NO2S2. The predicted octanol–water partition coefficient (Wildman–Crippen LogP) is 4.37. The van der Waals surface area contributed by atoms with Crippen LogP contribution in [0.1, 0.15) is 38.3 Å². The maximum absolute atomic E-state index is 11.9. The smallest absolute Gasteiger partial charge is 0.187 e. The summed E-state index contributed by atoms with van der Waals surface area (Å²) in [5.74, 6) is 0.152. The van der Waals surface area contributed by atoms with E-state index in [0.29, 0.717) is 10.3 Å². The van der Waals surface area contributed by atoms with E-state index in [1.807, 2.05) is 6.07 Å². The minimum atomic E-state index is -3.11. The fourth-order valence-electron chi connectivity index (χ4n) is 3.05. The maximum atomic E-state index is 11.9. The third-order valence-corrected chi connectivity index (χ3v) is 8.08. The Balaban J connectivity index is 1.80. The summed E-state index contributed by atoms with van der Waals surface area (Å²) in [7, 11) is -3.11. The molecule has 1 saturated heterocycles. The van der Waals surface area contributed by atoms with Crippen LogP contribution in [0.5, 0.6) is 0 Å². The van der Waals surface area contributed by atoms with Crippen molar-refractivity contribution in [3.63, 3.8) is 0 Å². The van der Waals surface area contributed by atoms with Gasteiger partial charge in [-0.3, -0.25) is 4.90 Å².